The number of hydrogen-bond acceptors (Lipinski definition) is 4. The van der Waals surface area contributed by atoms with Crippen molar-refractivity contribution in [2.45, 2.75) is 0 Å². The number of para-hydroxylation sites is 3. The summed E-state index contributed by atoms with van der Waals surface area (Å²) in [6, 6.07) is 66.7. The molecule has 0 saturated heterocycles. The van der Waals surface area contributed by atoms with E-state index >= 15 is 0 Å². The van der Waals surface area contributed by atoms with Crippen molar-refractivity contribution in [3.8, 4) is 45.5 Å². The van der Waals surface area contributed by atoms with Gasteiger partial charge in [0.05, 0.1) is 22.1 Å². The molecule has 0 fully saturated rings. The highest BCUT2D eigenvalue weighted by Gasteiger charge is 2.21. The third kappa shape index (κ3) is 4.98. The first kappa shape index (κ1) is 31.9. The lowest BCUT2D eigenvalue weighted by molar-refractivity contribution is 1.07. The standard InChI is InChI=1S/C51H31N5S/c1-3-14-32(15-4-1)49-52-50(54-51(53-49)34-26-27-39-38-21-9-12-25-45(38)57-46(39)31-34)33-16-13-19-36(30-33)56-42-23-10-7-20-37(42)40-28-29-44-47(48(40)56)41-22-8-11-24-43(41)55(44)35-17-5-2-6-18-35/h1-31H. The largest absolute Gasteiger partial charge is 0.309 e. The molecule has 0 amide bonds. The highest BCUT2D eigenvalue weighted by molar-refractivity contribution is 7.25. The second-order valence-electron chi connectivity index (χ2n) is 14.4. The first-order valence-electron chi connectivity index (χ1n) is 19.1. The number of thiophene rings is 1. The van der Waals surface area contributed by atoms with Gasteiger partial charge in [-0.2, -0.15) is 0 Å². The van der Waals surface area contributed by atoms with E-state index < -0.39 is 0 Å². The normalized spacial score (nSPS) is 11.9. The molecular weight excluding hydrogens is 715 g/mol. The number of aromatic nitrogens is 5. The highest BCUT2D eigenvalue weighted by Crippen LogP contribution is 2.42. The zero-order valence-corrected chi connectivity index (χ0v) is 31.4. The van der Waals surface area contributed by atoms with Gasteiger partial charge in [-0.3, -0.25) is 0 Å². The fourth-order valence-electron chi connectivity index (χ4n) is 8.63. The fraction of sp³-hybridized carbons (Fsp3) is 0. The lowest BCUT2D eigenvalue weighted by atomic mass is 10.1. The fourth-order valence-corrected chi connectivity index (χ4v) is 9.78. The summed E-state index contributed by atoms with van der Waals surface area (Å²) >= 11 is 1.80. The third-order valence-corrected chi connectivity index (χ3v) is 12.3. The van der Waals surface area contributed by atoms with Crippen LogP contribution in [0.2, 0.25) is 0 Å². The van der Waals surface area contributed by atoms with Crippen LogP contribution in [-0.4, -0.2) is 24.1 Å². The van der Waals surface area contributed by atoms with Crippen molar-refractivity contribution in [3.05, 3.63) is 188 Å². The molecule has 5 nitrogen and oxygen atoms in total. The average Bonchev–Trinajstić information content (AvgIpc) is 3.94. The predicted octanol–water partition coefficient (Wildman–Crippen LogP) is 13.4. The quantitative estimate of drug-likeness (QED) is 0.176. The van der Waals surface area contributed by atoms with Crippen LogP contribution < -0.4 is 0 Å². The second kappa shape index (κ2) is 12.6. The first-order chi connectivity index (χ1) is 28.3. The summed E-state index contributed by atoms with van der Waals surface area (Å²) in [6.45, 7) is 0. The minimum atomic E-state index is 0.628. The Bertz CT molecular complexity index is 3520. The zero-order valence-electron chi connectivity index (χ0n) is 30.5. The van der Waals surface area contributed by atoms with Gasteiger partial charge in [0.15, 0.2) is 17.5 Å². The Labute approximate surface area is 331 Å². The van der Waals surface area contributed by atoms with Crippen molar-refractivity contribution in [2.75, 3.05) is 0 Å². The van der Waals surface area contributed by atoms with Crippen LogP contribution in [0, 0.1) is 0 Å². The maximum absolute atomic E-state index is 5.20. The van der Waals surface area contributed by atoms with Gasteiger partial charge >= 0.3 is 0 Å². The van der Waals surface area contributed by atoms with E-state index in [0.29, 0.717) is 17.5 Å². The van der Waals surface area contributed by atoms with Gasteiger partial charge in [0.2, 0.25) is 0 Å². The lowest BCUT2D eigenvalue weighted by Gasteiger charge is -2.12. The molecule has 0 unspecified atom stereocenters. The summed E-state index contributed by atoms with van der Waals surface area (Å²) in [7, 11) is 0. The van der Waals surface area contributed by atoms with E-state index in [1.165, 1.54) is 58.3 Å². The van der Waals surface area contributed by atoms with Crippen LogP contribution in [0.3, 0.4) is 0 Å². The molecule has 0 atom stereocenters. The van der Waals surface area contributed by atoms with Crippen molar-refractivity contribution >= 4 is 75.1 Å². The molecule has 57 heavy (non-hydrogen) atoms. The van der Waals surface area contributed by atoms with Gasteiger partial charge in [0, 0.05) is 69.8 Å². The Balaban J connectivity index is 1.09. The molecule has 0 aliphatic rings. The Morgan fingerprint density at radius 1 is 0.333 bits per heavy atom. The number of rotatable bonds is 5. The number of hydrogen-bond donors (Lipinski definition) is 0. The Morgan fingerprint density at radius 3 is 1.68 bits per heavy atom. The van der Waals surface area contributed by atoms with Crippen molar-refractivity contribution in [3.63, 3.8) is 0 Å². The van der Waals surface area contributed by atoms with Gasteiger partial charge < -0.3 is 9.13 Å². The SMILES string of the molecule is c1ccc(-c2nc(-c3cccc(-n4c5ccccc5c5ccc6c(c7ccccc7n6-c6ccccc6)c54)c3)nc(-c3ccc4c(c3)sc3ccccc34)n2)cc1. The third-order valence-electron chi connectivity index (χ3n) is 11.2. The molecule has 4 heterocycles. The van der Waals surface area contributed by atoms with Crippen LogP contribution in [0.25, 0.3) is 109 Å². The highest BCUT2D eigenvalue weighted by atomic mass is 32.1. The van der Waals surface area contributed by atoms with E-state index in [1.54, 1.807) is 11.3 Å². The maximum Gasteiger partial charge on any atom is 0.164 e. The maximum atomic E-state index is 5.20. The van der Waals surface area contributed by atoms with Crippen molar-refractivity contribution in [1.29, 1.82) is 0 Å². The molecular formula is C51H31N5S. The smallest absolute Gasteiger partial charge is 0.164 e. The molecule has 0 bridgehead atoms. The van der Waals surface area contributed by atoms with Gasteiger partial charge in [0.25, 0.3) is 0 Å². The number of nitrogens with zero attached hydrogens (tertiary/aromatic N) is 5. The van der Waals surface area contributed by atoms with Crippen LogP contribution >= 0.6 is 11.3 Å². The van der Waals surface area contributed by atoms with Gasteiger partial charge in [-0.25, -0.2) is 15.0 Å². The summed E-state index contributed by atoms with van der Waals surface area (Å²) in [4.78, 5) is 15.4. The molecule has 0 aliphatic heterocycles. The van der Waals surface area contributed by atoms with Crippen LogP contribution in [0.5, 0.6) is 0 Å². The Kier molecular flexibility index (Phi) is 7.03. The van der Waals surface area contributed by atoms with E-state index in [4.69, 9.17) is 15.0 Å². The summed E-state index contributed by atoms with van der Waals surface area (Å²) in [5.41, 5.74) is 9.67. The van der Waals surface area contributed by atoms with Crippen LogP contribution in [0.15, 0.2) is 188 Å². The number of benzene rings is 8. The van der Waals surface area contributed by atoms with E-state index in [0.717, 1.165) is 33.6 Å². The van der Waals surface area contributed by atoms with Crippen LogP contribution in [0.4, 0.5) is 0 Å². The van der Waals surface area contributed by atoms with Crippen molar-refractivity contribution in [2.24, 2.45) is 0 Å². The van der Waals surface area contributed by atoms with Crippen LogP contribution in [-0.2, 0) is 0 Å². The van der Waals surface area contributed by atoms with E-state index in [9.17, 15) is 0 Å². The minimum Gasteiger partial charge on any atom is -0.309 e. The molecule has 0 saturated carbocycles. The van der Waals surface area contributed by atoms with Crippen LogP contribution in [0.1, 0.15) is 0 Å². The van der Waals surface area contributed by atoms with E-state index in [-0.39, 0.29) is 0 Å². The average molecular weight is 746 g/mol. The lowest BCUT2D eigenvalue weighted by Crippen LogP contribution is -2.01. The van der Waals surface area contributed by atoms with Gasteiger partial charge in [-0.15, -0.1) is 11.3 Å². The van der Waals surface area contributed by atoms with E-state index in [1.807, 2.05) is 18.2 Å². The van der Waals surface area contributed by atoms with Gasteiger partial charge in [0.1, 0.15) is 0 Å². The molecule has 0 spiro atoms. The summed E-state index contributed by atoms with van der Waals surface area (Å²) in [5, 5.41) is 7.38. The second-order valence-corrected chi connectivity index (χ2v) is 15.5. The molecule has 8 aromatic carbocycles. The number of fused-ring (bicyclic) bond motifs is 10. The Morgan fingerprint density at radius 2 is 0.895 bits per heavy atom. The molecule has 0 aliphatic carbocycles. The molecule has 0 N–H and O–H groups in total. The monoisotopic (exact) mass is 745 g/mol. The molecule has 12 rings (SSSR count). The topological polar surface area (TPSA) is 48.5 Å². The molecule has 266 valence electrons. The summed E-state index contributed by atoms with van der Waals surface area (Å²) < 4.78 is 7.30. The van der Waals surface area contributed by atoms with Gasteiger partial charge in [-0.05, 0) is 54.6 Å². The van der Waals surface area contributed by atoms with Crippen molar-refractivity contribution < 1.29 is 0 Å². The molecule has 0 radical (unpaired) electrons. The van der Waals surface area contributed by atoms with Crippen molar-refractivity contribution in [1.82, 2.24) is 24.1 Å². The van der Waals surface area contributed by atoms with Gasteiger partial charge in [-0.1, -0.05) is 133 Å². The molecule has 6 heteroatoms. The first-order valence-corrected chi connectivity index (χ1v) is 19.9. The molecule has 12 aromatic rings. The zero-order chi connectivity index (χ0) is 37.5. The molecule has 4 aromatic heterocycles. The summed E-state index contributed by atoms with van der Waals surface area (Å²) in [6.07, 6.45) is 0. The Hall–Kier alpha value is -7.41. The summed E-state index contributed by atoms with van der Waals surface area (Å²) in [5.74, 6) is 1.92. The predicted molar refractivity (Wildman–Crippen MR) is 238 cm³/mol. The minimum absolute atomic E-state index is 0.628. The van der Waals surface area contributed by atoms with E-state index in [2.05, 4.69) is 179 Å².